The lowest BCUT2D eigenvalue weighted by molar-refractivity contribution is -0.0985. The summed E-state index contributed by atoms with van der Waals surface area (Å²) in [7, 11) is 0. The summed E-state index contributed by atoms with van der Waals surface area (Å²) in [6.07, 6.45) is 0.640. The number of amides is 2. The Morgan fingerprint density at radius 1 is 1.11 bits per heavy atom. The van der Waals surface area contributed by atoms with Crippen LogP contribution in [0.5, 0.6) is 0 Å². The second-order valence-corrected chi connectivity index (χ2v) is 11.8. The van der Waals surface area contributed by atoms with Crippen molar-refractivity contribution in [3.63, 3.8) is 0 Å². The van der Waals surface area contributed by atoms with E-state index in [0.717, 1.165) is 44.0 Å². The molecule has 2 aromatic rings. The molecule has 37 heavy (non-hydrogen) atoms. The lowest BCUT2D eigenvalue weighted by atomic mass is 9.85. The van der Waals surface area contributed by atoms with E-state index >= 15 is 0 Å². The normalized spacial score (nSPS) is 21.2. The smallest absolute Gasteiger partial charge is 0.410 e. The summed E-state index contributed by atoms with van der Waals surface area (Å²) < 4.78 is 11.1. The van der Waals surface area contributed by atoms with Gasteiger partial charge in [-0.05, 0) is 57.0 Å². The number of carbonyl (C=O) groups is 2. The SMILES string of the molecule is CC(C)(C)OC(=O)N1CCN(C(=O)c2ccc(N)cc2N2CCC3(COC3)C2)C(c2ccccc2Cl)C1. The number of carbonyl (C=O) groups excluding carboxylic acids is 2. The monoisotopic (exact) mass is 526 g/mol. The van der Waals surface area contributed by atoms with Crippen molar-refractivity contribution >= 4 is 35.0 Å². The minimum absolute atomic E-state index is 0.102. The van der Waals surface area contributed by atoms with Crippen molar-refractivity contribution in [3.8, 4) is 0 Å². The zero-order chi connectivity index (χ0) is 26.4. The van der Waals surface area contributed by atoms with Crippen molar-refractivity contribution in [2.75, 3.05) is 56.6 Å². The average Bonchev–Trinajstić information content (AvgIpc) is 3.29. The van der Waals surface area contributed by atoms with Crippen molar-refractivity contribution in [2.24, 2.45) is 5.41 Å². The standard InChI is InChI=1S/C28H35ClN4O4/c1-27(2,3)37-26(35)31-12-13-33(24(15-31)20-6-4-5-7-22(20)29)25(34)21-9-8-19(30)14-23(21)32-11-10-28(16-32)17-36-18-28/h4-9,14,24H,10-13,15-18,30H2,1-3H3. The highest BCUT2D eigenvalue weighted by molar-refractivity contribution is 6.31. The fourth-order valence-corrected chi connectivity index (χ4v) is 5.70. The van der Waals surface area contributed by atoms with Crippen LogP contribution in [0.25, 0.3) is 0 Å². The molecule has 9 heteroatoms. The molecule has 3 heterocycles. The van der Waals surface area contributed by atoms with Gasteiger partial charge < -0.3 is 29.9 Å². The summed E-state index contributed by atoms with van der Waals surface area (Å²) in [5.41, 5.74) is 8.61. The first-order valence-corrected chi connectivity index (χ1v) is 13.2. The zero-order valence-electron chi connectivity index (χ0n) is 21.7. The van der Waals surface area contributed by atoms with Gasteiger partial charge in [0.25, 0.3) is 5.91 Å². The Hall–Kier alpha value is -2.97. The minimum Gasteiger partial charge on any atom is -0.444 e. The lowest BCUT2D eigenvalue weighted by Gasteiger charge is -2.42. The Morgan fingerprint density at radius 3 is 2.51 bits per heavy atom. The molecule has 8 nitrogen and oxygen atoms in total. The van der Waals surface area contributed by atoms with Crippen LogP contribution in [0.3, 0.4) is 0 Å². The molecule has 5 rings (SSSR count). The molecule has 0 saturated carbocycles. The van der Waals surface area contributed by atoms with E-state index in [1.165, 1.54) is 0 Å². The van der Waals surface area contributed by atoms with E-state index in [-0.39, 0.29) is 11.3 Å². The molecule has 0 aromatic heterocycles. The van der Waals surface area contributed by atoms with Crippen LogP contribution in [0, 0.1) is 5.41 Å². The molecule has 1 unspecified atom stereocenters. The molecule has 3 aliphatic rings. The third-order valence-corrected chi connectivity index (χ3v) is 7.75. The number of nitrogens with zero attached hydrogens (tertiary/aromatic N) is 3. The largest absolute Gasteiger partial charge is 0.444 e. The molecule has 1 spiro atoms. The number of rotatable bonds is 3. The Kier molecular flexibility index (Phi) is 6.75. The van der Waals surface area contributed by atoms with Crippen LogP contribution < -0.4 is 10.6 Å². The highest BCUT2D eigenvalue weighted by Crippen LogP contribution is 2.41. The van der Waals surface area contributed by atoms with Crippen molar-refractivity contribution in [1.82, 2.24) is 9.80 Å². The molecule has 2 N–H and O–H groups in total. The fraction of sp³-hybridized carbons (Fsp3) is 0.500. The summed E-state index contributed by atoms with van der Waals surface area (Å²) in [6.45, 7) is 9.77. The van der Waals surface area contributed by atoms with Gasteiger partial charge in [0.1, 0.15) is 5.60 Å². The van der Waals surface area contributed by atoms with Gasteiger partial charge >= 0.3 is 6.09 Å². The van der Waals surface area contributed by atoms with Gasteiger partial charge in [-0.3, -0.25) is 4.79 Å². The molecule has 0 radical (unpaired) electrons. The molecular weight excluding hydrogens is 492 g/mol. The van der Waals surface area contributed by atoms with Crippen LogP contribution in [0.4, 0.5) is 16.2 Å². The van der Waals surface area contributed by atoms with Crippen LogP contribution in [0.2, 0.25) is 5.02 Å². The highest BCUT2D eigenvalue weighted by Gasteiger charge is 2.45. The number of ether oxygens (including phenoxy) is 2. The Labute approximate surface area is 223 Å². The molecule has 198 valence electrons. The second-order valence-electron chi connectivity index (χ2n) is 11.4. The first-order chi connectivity index (χ1) is 17.6. The highest BCUT2D eigenvalue weighted by atomic mass is 35.5. The van der Waals surface area contributed by atoms with Crippen LogP contribution in [-0.4, -0.2) is 73.3 Å². The molecule has 3 fully saturated rings. The number of benzene rings is 2. The van der Waals surface area contributed by atoms with Crippen LogP contribution in [-0.2, 0) is 9.47 Å². The van der Waals surface area contributed by atoms with Crippen LogP contribution in [0.15, 0.2) is 42.5 Å². The molecule has 3 saturated heterocycles. The van der Waals surface area contributed by atoms with E-state index in [2.05, 4.69) is 4.90 Å². The summed E-state index contributed by atoms with van der Waals surface area (Å²) in [5.74, 6) is -0.102. The van der Waals surface area contributed by atoms with E-state index in [4.69, 9.17) is 26.8 Å². The maximum atomic E-state index is 14.2. The van der Waals surface area contributed by atoms with Gasteiger partial charge in [0.05, 0.1) is 30.5 Å². The Morgan fingerprint density at radius 2 is 1.86 bits per heavy atom. The Bertz CT molecular complexity index is 1190. The first-order valence-electron chi connectivity index (χ1n) is 12.8. The van der Waals surface area contributed by atoms with E-state index in [9.17, 15) is 9.59 Å². The summed E-state index contributed by atoms with van der Waals surface area (Å²) in [6, 6.07) is 12.6. The van der Waals surface area contributed by atoms with Gasteiger partial charge in [-0.1, -0.05) is 29.8 Å². The van der Waals surface area contributed by atoms with Gasteiger partial charge in [-0.15, -0.1) is 0 Å². The number of anilines is 2. The van der Waals surface area contributed by atoms with Crippen molar-refractivity contribution in [3.05, 3.63) is 58.6 Å². The minimum atomic E-state index is -0.610. The molecule has 0 bridgehead atoms. The summed E-state index contributed by atoms with van der Waals surface area (Å²) in [4.78, 5) is 32.9. The predicted molar refractivity (Wildman–Crippen MR) is 144 cm³/mol. The van der Waals surface area contributed by atoms with E-state index in [1.54, 1.807) is 11.0 Å². The van der Waals surface area contributed by atoms with Crippen molar-refractivity contribution in [2.45, 2.75) is 38.8 Å². The number of halogens is 1. The Balaban J connectivity index is 1.45. The third-order valence-electron chi connectivity index (χ3n) is 7.40. The van der Waals surface area contributed by atoms with Crippen molar-refractivity contribution in [1.29, 1.82) is 0 Å². The molecule has 1 atom stereocenters. The average molecular weight is 527 g/mol. The van der Waals surface area contributed by atoms with E-state index in [1.807, 2.05) is 62.1 Å². The van der Waals surface area contributed by atoms with Crippen LogP contribution >= 0.6 is 11.6 Å². The molecule has 0 aliphatic carbocycles. The maximum Gasteiger partial charge on any atom is 0.410 e. The lowest BCUT2D eigenvalue weighted by Crippen LogP contribution is -2.53. The summed E-state index contributed by atoms with van der Waals surface area (Å²) >= 11 is 6.61. The van der Waals surface area contributed by atoms with Gasteiger partial charge in [0.2, 0.25) is 0 Å². The quantitative estimate of drug-likeness (QED) is 0.589. The van der Waals surface area contributed by atoms with Crippen molar-refractivity contribution < 1.29 is 19.1 Å². The predicted octanol–water partition coefficient (Wildman–Crippen LogP) is 4.58. The number of nitrogens with two attached hydrogens (primary N) is 1. The molecule has 3 aliphatic heterocycles. The maximum absolute atomic E-state index is 14.2. The number of piperazine rings is 1. The second kappa shape index (κ2) is 9.72. The zero-order valence-corrected chi connectivity index (χ0v) is 22.5. The molecular formula is C28H35ClN4O4. The number of hydrogen-bond acceptors (Lipinski definition) is 6. The van der Waals surface area contributed by atoms with Gasteiger partial charge in [0.15, 0.2) is 0 Å². The molecule has 2 amide bonds. The van der Waals surface area contributed by atoms with Gasteiger partial charge in [-0.25, -0.2) is 4.79 Å². The molecule has 2 aromatic carbocycles. The third kappa shape index (κ3) is 5.22. The topological polar surface area (TPSA) is 88.3 Å². The van der Waals surface area contributed by atoms with E-state index in [0.29, 0.717) is 35.9 Å². The number of nitrogen functional groups attached to an aromatic ring is 1. The fourth-order valence-electron chi connectivity index (χ4n) is 5.44. The van der Waals surface area contributed by atoms with Crippen LogP contribution in [0.1, 0.15) is 49.2 Å². The van der Waals surface area contributed by atoms with Gasteiger partial charge in [-0.2, -0.15) is 0 Å². The summed E-state index contributed by atoms with van der Waals surface area (Å²) in [5, 5.41) is 0.556. The van der Waals surface area contributed by atoms with Gasteiger partial charge in [0, 0.05) is 48.8 Å². The first kappa shape index (κ1) is 25.7. The van der Waals surface area contributed by atoms with E-state index < -0.39 is 17.7 Å². The number of hydrogen-bond donors (Lipinski definition) is 1.